The first-order chi connectivity index (χ1) is 17.1. The van der Waals surface area contributed by atoms with Gasteiger partial charge >= 0.3 is 0 Å². The van der Waals surface area contributed by atoms with Gasteiger partial charge in [-0.1, -0.05) is 24.3 Å². The summed E-state index contributed by atoms with van der Waals surface area (Å²) in [7, 11) is -3.76. The smallest absolute Gasteiger partial charge is 0.240 e. The standard InChI is InChI=1S/C27H29F2N3O3S/c1-17-15-25(26(29)30-16-17)20-7-13-24(14-8-20)36(34,35)32-23-11-5-21(6-12-23)27(33)31-18(2)19-3-9-22(28)10-4-19/h3-4,7-10,13-16,18,21,23,32H,5-6,11-12H2,1-2H3,(H,31,33)/t18-,21-,23-/m1/s1. The minimum absolute atomic E-state index is 0.0819. The highest BCUT2D eigenvalue weighted by molar-refractivity contribution is 7.89. The van der Waals surface area contributed by atoms with E-state index < -0.39 is 16.0 Å². The Kier molecular flexibility index (Phi) is 7.80. The van der Waals surface area contributed by atoms with Crippen LogP contribution in [0.5, 0.6) is 0 Å². The van der Waals surface area contributed by atoms with E-state index in [-0.39, 0.29) is 34.6 Å². The Morgan fingerprint density at radius 1 is 1.00 bits per heavy atom. The summed E-state index contributed by atoms with van der Waals surface area (Å²) in [6, 6.07) is 13.2. The molecule has 1 saturated carbocycles. The van der Waals surface area contributed by atoms with E-state index in [9.17, 15) is 22.0 Å². The van der Waals surface area contributed by atoms with Crippen molar-refractivity contribution in [2.75, 3.05) is 0 Å². The van der Waals surface area contributed by atoms with Crippen LogP contribution >= 0.6 is 0 Å². The lowest BCUT2D eigenvalue weighted by molar-refractivity contribution is -0.126. The van der Waals surface area contributed by atoms with Crippen LogP contribution in [0.2, 0.25) is 0 Å². The second kappa shape index (κ2) is 10.8. The van der Waals surface area contributed by atoms with Crippen molar-refractivity contribution in [3.63, 3.8) is 0 Å². The van der Waals surface area contributed by atoms with Crippen LogP contribution in [0.25, 0.3) is 11.1 Å². The zero-order chi connectivity index (χ0) is 25.9. The number of pyridine rings is 1. The van der Waals surface area contributed by atoms with E-state index in [1.54, 1.807) is 30.3 Å². The number of aromatic nitrogens is 1. The van der Waals surface area contributed by atoms with E-state index >= 15 is 0 Å². The molecule has 0 bridgehead atoms. The first-order valence-electron chi connectivity index (χ1n) is 11.9. The summed E-state index contributed by atoms with van der Waals surface area (Å²) in [5.74, 6) is -1.22. The Balaban J connectivity index is 1.32. The van der Waals surface area contributed by atoms with E-state index in [0.29, 0.717) is 36.8 Å². The van der Waals surface area contributed by atoms with Gasteiger partial charge in [0.2, 0.25) is 21.9 Å². The van der Waals surface area contributed by atoms with E-state index in [1.165, 1.54) is 30.5 Å². The molecule has 9 heteroatoms. The Labute approximate surface area is 210 Å². The van der Waals surface area contributed by atoms with Crippen molar-refractivity contribution in [3.8, 4) is 11.1 Å². The van der Waals surface area contributed by atoms with Crippen LogP contribution in [0, 0.1) is 24.6 Å². The molecule has 0 aliphatic heterocycles. The van der Waals surface area contributed by atoms with Crippen LogP contribution in [0.3, 0.4) is 0 Å². The summed E-state index contributed by atoms with van der Waals surface area (Å²) in [5, 5.41) is 2.97. The number of nitrogens with zero attached hydrogens (tertiary/aromatic N) is 1. The molecule has 1 aromatic heterocycles. The van der Waals surface area contributed by atoms with E-state index in [4.69, 9.17) is 0 Å². The van der Waals surface area contributed by atoms with Gasteiger partial charge in [-0.25, -0.2) is 22.5 Å². The third-order valence-corrected chi connectivity index (χ3v) is 8.14. The van der Waals surface area contributed by atoms with Crippen LogP contribution < -0.4 is 10.0 Å². The molecule has 0 spiro atoms. The molecule has 0 unspecified atom stereocenters. The molecule has 2 aromatic carbocycles. The number of hydrogen-bond donors (Lipinski definition) is 2. The van der Waals surface area contributed by atoms with Crippen molar-refractivity contribution >= 4 is 15.9 Å². The van der Waals surface area contributed by atoms with Crippen molar-refractivity contribution in [3.05, 3.63) is 83.7 Å². The number of benzene rings is 2. The lowest BCUT2D eigenvalue weighted by Gasteiger charge is -2.29. The monoisotopic (exact) mass is 513 g/mol. The van der Waals surface area contributed by atoms with Crippen LogP contribution in [0.1, 0.15) is 49.8 Å². The number of halogens is 2. The van der Waals surface area contributed by atoms with Crippen LogP contribution in [0.4, 0.5) is 8.78 Å². The zero-order valence-electron chi connectivity index (χ0n) is 20.2. The summed E-state index contributed by atoms with van der Waals surface area (Å²) >= 11 is 0. The van der Waals surface area contributed by atoms with Gasteiger partial charge in [0.15, 0.2) is 0 Å². The number of aryl methyl sites for hydroxylation is 1. The van der Waals surface area contributed by atoms with Crippen molar-refractivity contribution in [2.24, 2.45) is 5.92 Å². The van der Waals surface area contributed by atoms with Gasteiger partial charge in [-0.15, -0.1) is 0 Å². The van der Waals surface area contributed by atoms with Crippen molar-refractivity contribution in [2.45, 2.75) is 56.5 Å². The van der Waals surface area contributed by atoms with Crippen LogP contribution in [0.15, 0.2) is 65.7 Å². The minimum atomic E-state index is -3.76. The number of nitrogens with one attached hydrogen (secondary N) is 2. The highest BCUT2D eigenvalue weighted by Gasteiger charge is 2.29. The fraction of sp³-hybridized carbons (Fsp3) is 0.333. The molecule has 1 aliphatic carbocycles. The first-order valence-corrected chi connectivity index (χ1v) is 13.4. The molecule has 1 atom stereocenters. The topological polar surface area (TPSA) is 88.2 Å². The SMILES string of the molecule is Cc1cnc(F)c(-c2ccc(S(=O)(=O)N[C@H]3CC[C@H](C(=O)N[C@H](C)c4ccc(F)cc4)CC3)cc2)c1. The van der Waals surface area contributed by atoms with Crippen LogP contribution in [-0.4, -0.2) is 25.4 Å². The van der Waals surface area contributed by atoms with E-state index in [0.717, 1.165) is 11.1 Å². The molecule has 0 saturated heterocycles. The fourth-order valence-corrected chi connectivity index (χ4v) is 5.80. The summed E-state index contributed by atoms with van der Waals surface area (Å²) < 4.78 is 55.8. The Morgan fingerprint density at radius 3 is 2.28 bits per heavy atom. The summed E-state index contributed by atoms with van der Waals surface area (Å²) in [6.07, 6.45) is 3.65. The third-order valence-electron chi connectivity index (χ3n) is 6.60. The first kappa shape index (κ1) is 25.9. The number of carbonyl (C=O) groups excluding carboxylic acids is 1. The zero-order valence-corrected chi connectivity index (χ0v) is 21.0. The Hall–Kier alpha value is -3.17. The largest absolute Gasteiger partial charge is 0.349 e. The molecule has 1 aliphatic rings. The van der Waals surface area contributed by atoms with Gasteiger partial charge in [-0.05, 0) is 86.6 Å². The van der Waals surface area contributed by atoms with Crippen molar-refractivity contribution in [1.29, 1.82) is 0 Å². The van der Waals surface area contributed by atoms with Gasteiger partial charge in [0.05, 0.1) is 10.9 Å². The molecule has 6 nitrogen and oxygen atoms in total. The molecular weight excluding hydrogens is 484 g/mol. The maximum atomic E-state index is 14.1. The van der Waals surface area contributed by atoms with Crippen LogP contribution in [-0.2, 0) is 14.8 Å². The Bertz CT molecular complexity index is 1320. The van der Waals surface area contributed by atoms with Gasteiger partial charge in [-0.3, -0.25) is 4.79 Å². The molecular formula is C27H29F2N3O3S. The van der Waals surface area contributed by atoms with Crippen molar-refractivity contribution in [1.82, 2.24) is 15.0 Å². The fourth-order valence-electron chi connectivity index (χ4n) is 4.50. The molecule has 36 heavy (non-hydrogen) atoms. The average Bonchev–Trinajstić information content (AvgIpc) is 2.86. The Morgan fingerprint density at radius 2 is 1.64 bits per heavy atom. The maximum absolute atomic E-state index is 14.1. The number of sulfonamides is 1. The van der Waals surface area contributed by atoms with E-state index in [2.05, 4.69) is 15.0 Å². The molecule has 3 aromatic rings. The third kappa shape index (κ3) is 6.14. The van der Waals surface area contributed by atoms with E-state index in [1.807, 2.05) is 13.8 Å². The van der Waals surface area contributed by atoms with Gasteiger partial charge in [0.25, 0.3) is 0 Å². The molecule has 1 fully saturated rings. The molecule has 0 radical (unpaired) electrons. The minimum Gasteiger partial charge on any atom is -0.349 e. The number of rotatable bonds is 7. The summed E-state index contributed by atoms with van der Waals surface area (Å²) in [5.41, 5.74) is 2.49. The summed E-state index contributed by atoms with van der Waals surface area (Å²) in [4.78, 5) is 16.5. The highest BCUT2D eigenvalue weighted by Crippen LogP contribution is 2.28. The molecule has 1 heterocycles. The number of carbonyl (C=O) groups is 1. The second-order valence-corrected chi connectivity index (χ2v) is 11.0. The summed E-state index contributed by atoms with van der Waals surface area (Å²) in [6.45, 7) is 3.66. The predicted octanol–water partition coefficient (Wildman–Crippen LogP) is 5.05. The van der Waals surface area contributed by atoms with Crippen molar-refractivity contribution < 1.29 is 22.0 Å². The molecule has 190 valence electrons. The lowest BCUT2D eigenvalue weighted by Crippen LogP contribution is -2.41. The average molecular weight is 514 g/mol. The van der Waals surface area contributed by atoms with Gasteiger partial charge < -0.3 is 5.32 Å². The maximum Gasteiger partial charge on any atom is 0.240 e. The molecule has 4 rings (SSSR count). The van der Waals surface area contributed by atoms with Gasteiger partial charge in [0.1, 0.15) is 5.82 Å². The molecule has 2 N–H and O–H groups in total. The number of amides is 1. The lowest BCUT2D eigenvalue weighted by atomic mass is 9.85. The normalized spacial score (nSPS) is 19.0. The van der Waals surface area contributed by atoms with Gasteiger partial charge in [0, 0.05) is 23.7 Å². The number of hydrogen-bond acceptors (Lipinski definition) is 4. The van der Waals surface area contributed by atoms with Gasteiger partial charge in [-0.2, -0.15) is 4.39 Å². The second-order valence-electron chi connectivity index (χ2n) is 9.33. The quantitative estimate of drug-likeness (QED) is 0.433. The highest BCUT2D eigenvalue weighted by atomic mass is 32.2. The predicted molar refractivity (Wildman–Crippen MR) is 133 cm³/mol. The molecule has 1 amide bonds.